The zero-order chi connectivity index (χ0) is 12.4. The van der Waals surface area contributed by atoms with Crippen molar-refractivity contribution in [2.75, 3.05) is 0 Å². The first-order valence-electron chi connectivity index (χ1n) is 4.75. The predicted molar refractivity (Wildman–Crippen MR) is 69.8 cm³/mol. The van der Waals surface area contributed by atoms with Gasteiger partial charge in [0.2, 0.25) is 0 Å². The number of hydrogen-bond acceptors (Lipinski definition) is 5. The van der Waals surface area contributed by atoms with Crippen molar-refractivity contribution >= 4 is 31.9 Å². The predicted octanol–water partition coefficient (Wildman–Crippen LogP) is 1.29. The maximum Gasteiger partial charge on any atom is 0.153 e. The third kappa shape index (κ3) is 2.54. The fraction of sp³-hybridized carbons (Fsp3) is 0.222. The molecule has 2 heterocycles. The SMILES string of the molecule is Cn1nnc(Br)c1C(NN)c1cncc(Br)c1. The molecule has 0 spiro atoms. The Balaban J connectivity index is 2.47. The molecule has 8 heteroatoms. The highest BCUT2D eigenvalue weighted by atomic mass is 79.9. The van der Waals surface area contributed by atoms with E-state index in [9.17, 15) is 0 Å². The number of halogens is 2. The molecule has 2 aromatic rings. The van der Waals surface area contributed by atoms with Crippen LogP contribution in [-0.2, 0) is 7.05 Å². The van der Waals surface area contributed by atoms with Crippen LogP contribution < -0.4 is 11.3 Å². The van der Waals surface area contributed by atoms with Gasteiger partial charge in [0.25, 0.3) is 0 Å². The van der Waals surface area contributed by atoms with Gasteiger partial charge in [-0.2, -0.15) is 0 Å². The minimum Gasteiger partial charge on any atom is -0.271 e. The maximum atomic E-state index is 5.60. The van der Waals surface area contributed by atoms with Gasteiger partial charge in [0.1, 0.15) is 0 Å². The quantitative estimate of drug-likeness (QED) is 0.635. The van der Waals surface area contributed by atoms with E-state index in [1.165, 1.54) is 0 Å². The number of aryl methyl sites for hydroxylation is 1. The number of nitrogens with one attached hydrogen (secondary N) is 1. The zero-order valence-corrected chi connectivity index (χ0v) is 12.1. The van der Waals surface area contributed by atoms with Crippen LogP contribution in [0, 0.1) is 0 Å². The molecule has 0 radical (unpaired) electrons. The maximum absolute atomic E-state index is 5.60. The van der Waals surface area contributed by atoms with E-state index < -0.39 is 0 Å². The van der Waals surface area contributed by atoms with Gasteiger partial charge in [-0.25, -0.2) is 10.1 Å². The van der Waals surface area contributed by atoms with Gasteiger partial charge in [-0.05, 0) is 43.5 Å². The van der Waals surface area contributed by atoms with Gasteiger partial charge < -0.3 is 0 Å². The molecule has 2 rings (SSSR count). The third-order valence-corrected chi connectivity index (χ3v) is 3.32. The number of nitrogens with zero attached hydrogens (tertiary/aromatic N) is 4. The van der Waals surface area contributed by atoms with E-state index in [2.05, 4.69) is 52.6 Å². The lowest BCUT2D eigenvalue weighted by atomic mass is 10.1. The van der Waals surface area contributed by atoms with Crippen molar-refractivity contribution in [2.24, 2.45) is 12.9 Å². The van der Waals surface area contributed by atoms with Crippen molar-refractivity contribution in [3.8, 4) is 0 Å². The molecule has 0 aliphatic heterocycles. The van der Waals surface area contributed by atoms with Crippen LogP contribution in [0.2, 0.25) is 0 Å². The van der Waals surface area contributed by atoms with E-state index in [0.717, 1.165) is 15.7 Å². The number of aromatic nitrogens is 4. The molecule has 6 nitrogen and oxygen atoms in total. The Kier molecular flexibility index (Phi) is 3.87. The lowest BCUT2D eigenvalue weighted by Crippen LogP contribution is -2.30. The Morgan fingerprint density at radius 3 is 2.71 bits per heavy atom. The van der Waals surface area contributed by atoms with Crippen molar-refractivity contribution in [3.63, 3.8) is 0 Å². The Labute approximate surface area is 115 Å². The summed E-state index contributed by atoms with van der Waals surface area (Å²) in [6, 6.07) is 1.71. The Bertz CT molecular complexity index is 506. The number of pyridine rings is 1. The monoisotopic (exact) mass is 360 g/mol. The standard InChI is InChI=1S/C9H10Br2N6/c1-17-8(9(11)15-16-17)7(14-12)5-2-6(10)4-13-3-5/h2-4,7,14H,12H2,1H3. The molecule has 3 N–H and O–H groups in total. The average molecular weight is 362 g/mol. The van der Waals surface area contributed by atoms with Gasteiger partial charge in [0.05, 0.1) is 11.7 Å². The van der Waals surface area contributed by atoms with Gasteiger partial charge in [-0.3, -0.25) is 10.8 Å². The van der Waals surface area contributed by atoms with Crippen LogP contribution >= 0.6 is 31.9 Å². The fourth-order valence-corrected chi connectivity index (χ4v) is 2.50. The Morgan fingerprint density at radius 2 is 2.18 bits per heavy atom. The van der Waals surface area contributed by atoms with Crippen LogP contribution in [0.5, 0.6) is 0 Å². The number of hydrogen-bond donors (Lipinski definition) is 2. The van der Waals surface area contributed by atoms with Crippen LogP contribution in [0.25, 0.3) is 0 Å². The highest BCUT2D eigenvalue weighted by Gasteiger charge is 2.21. The fourth-order valence-electron chi connectivity index (χ4n) is 1.56. The number of rotatable bonds is 3. The van der Waals surface area contributed by atoms with Gasteiger partial charge >= 0.3 is 0 Å². The molecule has 0 fully saturated rings. The van der Waals surface area contributed by atoms with Crippen LogP contribution in [0.15, 0.2) is 27.5 Å². The van der Waals surface area contributed by atoms with E-state index in [0.29, 0.717) is 4.60 Å². The van der Waals surface area contributed by atoms with Crippen LogP contribution in [0.4, 0.5) is 0 Å². The van der Waals surface area contributed by atoms with E-state index in [-0.39, 0.29) is 6.04 Å². The second-order valence-corrected chi connectivity index (χ2v) is 5.09. The summed E-state index contributed by atoms with van der Waals surface area (Å²) in [4.78, 5) is 4.11. The normalized spacial score (nSPS) is 12.7. The summed E-state index contributed by atoms with van der Waals surface area (Å²) in [5.41, 5.74) is 4.50. The van der Waals surface area contributed by atoms with Crippen molar-refractivity contribution in [1.82, 2.24) is 25.4 Å². The van der Waals surface area contributed by atoms with E-state index in [1.54, 1.807) is 17.1 Å². The minimum atomic E-state index is -0.227. The summed E-state index contributed by atoms with van der Waals surface area (Å²) < 4.78 is 3.21. The molecular weight excluding hydrogens is 352 g/mol. The van der Waals surface area contributed by atoms with Crippen molar-refractivity contribution in [1.29, 1.82) is 0 Å². The number of nitrogens with two attached hydrogens (primary N) is 1. The second kappa shape index (κ2) is 5.21. The first-order chi connectivity index (χ1) is 8.13. The molecule has 1 atom stereocenters. The first kappa shape index (κ1) is 12.6. The summed E-state index contributed by atoms with van der Waals surface area (Å²) in [5, 5.41) is 7.86. The molecule has 1 unspecified atom stereocenters. The molecule has 2 aromatic heterocycles. The summed E-state index contributed by atoms with van der Waals surface area (Å²) in [6.07, 6.45) is 3.46. The van der Waals surface area contributed by atoms with E-state index in [1.807, 2.05) is 13.1 Å². The summed E-state index contributed by atoms with van der Waals surface area (Å²) in [5.74, 6) is 5.60. The summed E-state index contributed by atoms with van der Waals surface area (Å²) in [6.45, 7) is 0. The molecule has 0 aliphatic carbocycles. The third-order valence-electron chi connectivity index (χ3n) is 2.33. The molecule has 0 aromatic carbocycles. The van der Waals surface area contributed by atoms with E-state index in [4.69, 9.17) is 5.84 Å². The molecule has 0 bridgehead atoms. The molecule has 0 amide bonds. The van der Waals surface area contributed by atoms with Crippen LogP contribution in [0.3, 0.4) is 0 Å². The minimum absolute atomic E-state index is 0.227. The van der Waals surface area contributed by atoms with Crippen molar-refractivity contribution < 1.29 is 0 Å². The first-order valence-corrected chi connectivity index (χ1v) is 6.33. The van der Waals surface area contributed by atoms with Crippen molar-refractivity contribution in [3.05, 3.63) is 38.8 Å². The topological polar surface area (TPSA) is 81.7 Å². The lowest BCUT2D eigenvalue weighted by Gasteiger charge is -2.16. The van der Waals surface area contributed by atoms with Crippen LogP contribution in [0.1, 0.15) is 17.3 Å². The molecule has 0 aliphatic rings. The molecule has 17 heavy (non-hydrogen) atoms. The highest BCUT2D eigenvalue weighted by Crippen LogP contribution is 2.26. The van der Waals surface area contributed by atoms with Gasteiger partial charge in [-0.1, -0.05) is 5.21 Å². The van der Waals surface area contributed by atoms with Crippen LogP contribution in [-0.4, -0.2) is 20.0 Å². The average Bonchev–Trinajstić information content (AvgIpc) is 2.62. The van der Waals surface area contributed by atoms with E-state index >= 15 is 0 Å². The van der Waals surface area contributed by atoms with Gasteiger partial charge in [0.15, 0.2) is 4.60 Å². The Morgan fingerprint density at radius 1 is 1.41 bits per heavy atom. The molecule has 90 valence electrons. The van der Waals surface area contributed by atoms with Gasteiger partial charge in [0, 0.05) is 23.9 Å². The smallest absolute Gasteiger partial charge is 0.153 e. The van der Waals surface area contributed by atoms with Crippen molar-refractivity contribution in [2.45, 2.75) is 6.04 Å². The van der Waals surface area contributed by atoms with Gasteiger partial charge in [-0.15, -0.1) is 5.10 Å². The summed E-state index contributed by atoms with van der Waals surface area (Å²) >= 11 is 6.73. The summed E-state index contributed by atoms with van der Waals surface area (Å²) in [7, 11) is 1.81. The lowest BCUT2D eigenvalue weighted by molar-refractivity contribution is 0.567. The largest absolute Gasteiger partial charge is 0.271 e. The number of hydrazine groups is 1. The molecular formula is C9H10Br2N6. The Hall–Kier alpha value is -0.830. The molecule has 0 saturated carbocycles. The zero-order valence-electron chi connectivity index (χ0n) is 8.93. The highest BCUT2D eigenvalue weighted by molar-refractivity contribution is 9.10. The molecule has 0 saturated heterocycles. The second-order valence-electron chi connectivity index (χ2n) is 3.43.